The number of nitrogens with zero attached hydrogens (tertiary/aromatic N) is 1. The average Bonchev–Trinajstić information content (AvgIpc) is 3.53. The molecule has 0 spiro atoms. The van der Waals surface area contributed by atoms with Gasteiger partial charge >= 0.3 is 0 Å². The van der Waals surface area contributed by atoms with E-state index in [1.807, 2.05) is 29.2 Å². The normalized spacial score (nSPS) is 21.0. The van der Waals surface area contributed by atoms with Gasteiger partial charge in [-0.15, -0.1) is 11.8 Å². The van der Waals surface area contributed by atoms with E-state index in [1.165, 1.54) is 43.2 Å². The standard InChI is InChI=1S/C26H30N2O2S/c29-24(15-8-18-4-1-2-5-18)27-22-12-9-20(10-13-22)26-28(25(30)17-31-26)23-14-11-19-6-3-7-21(19)16-23/h9-14,16,18,26H,1-8,15,17H2,(H,27,29)/t26-/m0/s1. The molecule has 1 saturated heterocycles. The molecule has 1 N–H and O–H groups in total. The van der Waals surface area contributed by atoms with Crippen LogP contribution < -0.4 is 10.2 Å². The molecule has 2 amide bonds. The van der Waals surface area contributed by atoms with Crippen LogP contribution in [-0.4, -0.2) is 17.6 Å². The highest BCUT2D eigenvalue weighted by Gasteiger charge is 2.34. The summed E-state index contributed by atoms with van der Waals surface area (Å²) in [5.41, 5.74) is 5.74. The van der Waals surface area contributed by atoms with Crippen LogP contribution in [0.2, 0.25) is 0 Å². The molecule has 4 nitrogen and oxygen atoms in total. The van der Waals surface area contributed by atoms with Crippen LogP contribution in [-0.2, 0) is 22.4 Å². The molecule has 0 bridgehead atoms. The number of nitrogens with one attached hydrogen (secondary N) is 1. The lowest BCUT2D eigenvalue weighted by atomic mass is 10.0. The summed E-state index contributed by atoms with van der Waals surface area (Å²) in [6.07, 6.45) is 10.3. The second-order valence-electron chi connectivity index (χ2n) is 9.09. The minimum absolute atomic E-state index is 0.0147. The van der Waals surface area contributed by atoms with Crippen molar-refractivity contribution in [3.63, 3.8) is 0 Å². The Morgan fingerprint density at radius 3 is 2.58 bits per heavy atom. The number of anilines is 2. The quantitative estimate of drug-likeness (QED) is 0.619. The van der Waals surface area contributed by atoms with E-state index in [1.54, 1.807) is 11.8 Å². The molecule has 1 saturated carbocycles. The third-order valence-electron chi connectivity index (χ3n) is 6.96. The van der Waals surface area contributed by atoms with Crippen LogP contribution in [0.5, 0.6) is 0 Å². The molecule has 0 aromatic heterocycles. The maximum atomic E-state index is 12.7. The van der Waals surface area contributed by atoms with Gasteiger partial charge in [-0.3, -0.25) is 14.5 Å². The molecule has 1 atom stereocenters. The maximum Gasteiger partial charge on any atom is 0.238 e. The number of rotatable bonds is 6. The van der Waals surface area contributed by atoms with E-state index in [-0.39, 0.29) is 17.2 Å². The zero-order valence-corrected chi connectivity index (χ0v) is 18.8. The molecule has 162 valence electrons. The fraction of sp³-hybridized carbons (Fsp3) is 0.462. The highest BCUT2D eigenvalue weighted by Crippen LogP contribution is 2.43. The minimum Gasteiger partial charge on any atom is -0.326 e. The van der Waals surface area contributed by atoms with Crippen molar-refractivity contribution in [2.45, 2.75) is 63.2 Å². The molecular formula is C26H30N2O2S. The molecule has 2 aromatic carbocycles. The first-order valence-corrected chi connectivity index (χ1v) is 12.7. The molecule has 0 unspecified atom stereocenters. The lowest BCUT2D eigenvalue weighted by Gasteiger charge is -2.25. The molecule has 1 aliphatic heterocycles. The van der Waals surface area contributed by atoms with Crippen LogP contribution in [0.15, 0.2) is 42.5 Å². The third-order valence-corrected chi connectivity index (χ3v) is 8.17. The number of carbonyl (C=O) groups excluding carboxylic acids is 2. The summed E-state index contributed by atoms with van der Waals surface area (Å²) >= 11 is 1.67. The summed E-state index contributed by atoms with van der Waals surface area (Å²) in [4.78, 5) is 27.0. The van der Waals surface area contributed by atoms with Crippen molar-refractivity contribution >= 4 is 35.0 Å². The SMILES string of the molecule is O=C(CCC1CCCC1)Nc1ccc([C@@H]2SCC(=O)N2c2ccc3c(c2)CCC3)cc1. The van der Waals surface area contributed by atoms with E-state index >= 15 is 0 Å². The summed E-state index contributed by atoms with van der Waals surface area (Å²) in [5, 5.41) is 3.02. The molecule has 5 rings (SSSR count). The van der Waals surface area contributed by atoms with Gasteiger partial charge in [0, 0.05) is 17.8 Å². The molecule has 0 radical (unpaired) electrons. The number of aryl methyl sites for hydroxylation is 2. The number of thioether (sulfide) groups is 1. The van der Waals surface area contributed by atoms with E-state index in [9.17, 15) is 9.59 Å². The van der Waals surface area contributed by atoms with Gasteiger partial charge < -0.3 is 5.32 Å². The van der Waals surface area contributed by atoms with Crippen molar-refractivity contribution in [1.82, 2.24) is 0 Å². The smallest absolute Gasteiger partial charge is 0.238 e. The predicted molar refractivity (Wildman–Crippen MR) is 127 cm³/mol. The van der Waals surface area contributed by atoms with Gasteiger partial charge in [-0.1, -0.05) is 43.9 Å². The monoisotopic (exact) mass is 434 g/mol. The van der Waals surface area contributed by atoms with E-state index in [4.69, 9.17) is 0 Å². The molecule has 3 aliphatic rings. The van der Waals surface area contributed by atoms with Crippen molar-refractivity contribution in [2.75, 3.05) is 16.0 Å². The highest BCUT2D eigenvalue weighted by atomic mass is 32.2. The van der Waals surface area contributed by atoms with Crippen LogP contribution in [0.25, 0.3) is 0 Å². The highest BCUT2D eigenvalue weighted by molar-refractivity contribution is 8.00. The number of hydrogen-bond donors (Lipinski definition) is 1. The van der Waals surface area contributed by atoms with Crippen molar-refractivity contribution < 1.29 is 9.59 Å². The van der Waals surface area contributed by atoms with Gasteiger partial charge in [0.25, 0.3) is 0 Å². The summed E-state index contributed by atoms with van der Waals surface area (Å²) in [5.74, 6) is 1.50. The van der Waals surface area contributed by atoms with Crippen molar-refractivity contribution in [1.29, 1.82) is 0 Å². The first kappa shape index (κ1) is 20.6. The largest absolute Gasteiger partial charge is 0.326 e. The van der Waals surface area contributed by atoms with Crippen molar-refractivity contribution in [2.24, 2.45) is 5.92 Å². The van der Waals surface area contributed by atoms with Crippen LogP contribution in [0.3, 0.4) is 0 Å². The first-order chi connectivity index (χ1) is 15.2. The molecular weight excluding hydrogens is 404 g/mol. The lowest BCUT2D eigenvalue weighted by molar-refractivity contribution is -0.117. The first-order valence-electron chi connectivity index (χ1n) is 11.6. The molecule has 2 aliphatic carbocycles. The van der Waals surface area contributed by atoms with E-state index in [2.05, 4.69) is 23.5 Å². The Balaban J connectivity index is 1.25. The molecule has 2 aromatic rings. The minimum atomic E-state index is -0.0147. The van der Waals surface area contributed by atoms with Gasteiger partial charge in [-0.25, -0.2) is 0 Å². The Morgan fingerprint density at radius 2 is 1.77 bits per heavy atom. The van der Waals surface area contributed by atoms with E-state index in [0.717, 1.165) is 42.1 Å². The number of fused-ring (bicyclic) bond motifs is 1. The zero-order valence-electron chi connectivity index (χ0n) is 17.9. The van der Waals surface area contributed by atoms with E-state index < -0.39 is 0 Å². The Labute approximate surface area is 188 Å². The second-order valence-corrected chi connectivity index (χ2v) is 10.2. The number of benzene rings is 2. The van der Waals surface area contributed by atoms with Gasteiger partial charge in [-0.05, 0) is 72.6 Å². The van der Waals surface area contributed by atoms with Crippen LogP contribution in [0, 0.1) is 5.92 Å². The Bertz CT molecular complexity index is 966. The average molecular weight is 435 g/mol. The zero-order chi connectivity index (χ0) is 21.2. The maximum absolute atomic E-state index is 12.7. The van der Waals surface area contributed by atoms with Crippen LogP contribution >= 0.6 is 11.8 Å². The van der Waals surface area contributed by atoms with Crippen LogP contribution in [0.1, 0.15) is 67.0 Å². The molecule has 2 fully saturated rings. The van der Waals surface area contributed by atoms with Gasteiger partial charge in [0.05, 0.1) is 5.75 Å². The van der Waals surface area contributed by atoms with Gasteiger partial charge in [-0.2, -0.15) is 0 Å². The Hall–Kier alpha value is -2.27. The lowest BCUT2D eigenvalue weighted by Crippen LogP contribution is -2.27. The van der Waals surface area contributed by atoms with Crippen molar-refractivity contribution in [3.8, 4) is 0 Å². The van der Waals surface area contributed by atoms with Crippen LogP contribution in [0.4, 0.5) is 11.4 Å². The van der Waals surface area contributed by atoms with Gasteiger partial charge in [0.1, 0.15) is 5.37 Å². The number of amides is 2. The fourth-order valence-electron chi connectivity index (χ4n) is 5.25. The summed E-state index contributed by atoms with van der Waals surface area (Å²) in [7, 11) is 0. The second kappa shape index (κ2) is 9.07. The Kier molecular flexibility index (Phi) is 6.04. The van der Waals surface area contributed by atoms with E-state index in [0.29, 0.717) is 12.2 Å². The summed E-state index contributed by atoms with van der Waals surface area (Å²) in [6, 6.07) is 14.5. The summed E-state index contributed by atoms with van der Waals surface area (Å²) < 4.78 is 0. The number of hydrogen-bond acceptors (Lipinski definition) is 3. The molecule has 1 heterocycles. The van der Waals surface area contributed by atoms with Crippen molar-refractivity contribution in [3.05, 3.63) is 59.2 Å². The third kappa shape index (κ3) is 4.52. The van der Waals surface area contributed by atoms with Gasteiger partial charge in [0.15, 0.2) is 0 Å². The number of carbonyl (C=O) groups is 2. The Morgan fingerprint density at radius 1 is 1.00 bits per heavy atom. The molecule has 5 heteroatoms. The topological polar surface area (TPSA) is 49.4 Å². The summed E-state index contributed by atoms with van der Waals surface area (Å²) in [6.45, 7) is 0. The predicted octanol–water partition coefficient (Wildman–Crippen LogP) is 5.86. The van der Waals surface area contributed by atoms with Gasteiger partial charge in [0.2, 0.25) is 11.8 Å². The molecule has 31 heavy (non-hydrogen) atoms. The fourth-order valence-corrected chi connectivity index (χ4v) is 6.42.